The minimum absolute atomic E-state index is 0.0623. The molecule has 0 unspecified atom stereocenters. The summed E-state index contributed by atoms with van der Waals surface area (Å²) >= 11 is 0. The first-order chi connectivity index (χ1) is 8.27. The van der Waals surface area contributed by atoms with Crippen molar-refractivity contribution in [2.45, 2.75) is 19.4 Å². The average molecular weight is 236 g/mol. The van der Waals surface area contributed by atoms with Crippen molar-refractivity contribution in [2.75, 3.05) is 32.0 Å². The van der Waals surface area contributed by atoms with Gasteiger partial charge in [0.15, 0.2) is 5.69 Å². The van der Waals surface area contributed by atoms with E-state index in [-0.39, 0.29) is 5.91 Å². The van der Waals surface area contributed by atoms with Gasteiger partial charge in [0.05, 0.1) is 13.2 Å². The standard InChI is InChI=1S/C11H16N4O2/c12-10-9(13-8-2-1-3-15(8)10)11(16)14-4-6-17-7-5-14/h1-7,12H2. The zero-order valence-electron chi connectivity index (χ0n) is 9.69. The highest BCUT2D eigenvalue weighted by molar-refractivity contribution is 5.96. The predicted molar refractivity (Wildman–Crippen MR) is 61.7 cm³/mol. The quantitative estimate of drug-likeness (QED) is 0.738. The lowest BCUT2D eigenvalue weighted by molar-refractivity contribution is 0.0300. The summed E-state index contributed by atoms with van der Waals surface area (Å²) in [4.78, 5) is 18.4. The van der Waals surface area contributed by atoms with E-state index in [1.54, 1.807) is 4.90 Å². The Morgan fingerprint density at radius 3 is 2.76 bits per heavy atom. The summed E-state index contributed by atoms with van der Waals surface area (Å²) in [5.74, 6) is 1.40. The molecular formula is C11H16N4O2. The van der Waals surface area contributed by atoms with E-state index in [9.17, 15) is 4.79 Å². The van der Waals surface area contributed by atoms with Crippen LogP contribution in [0.25, 0.3) is 0 Å². The zero-order valence-corrected chi connectivity index (χ0v) is 9.69. The van der Waals surface area contributed by atoms with Gasteiger partial charge in [-0.15, -0.1) is 0 Å². The van der Waals surface area contributed by atoms with E-state index in [2.05, 4.69) is 4.98 Å². The molecule has 1 aromatic rings. The number of aromatic nitrogens is 2. The topological polar surface area (TPSA) is 73.4 Å². The number of hydrogen-bond donors (Lipinski definition) is 1. The number of nitrogens with two attached hydrogens (primary N) is 1. The van der Waals surface area contributed by atoms with Crippen LogP contribution in [0.5, 0.6) is 0 Å². The van der Waals surface area contributed by atoms with Crippen molar-refractivity contribution in [3.8, 4) is 0 Å². The van der Waals surface area contributed by atoms with Crippen LogP contribution in [0.4, 0.5) is 5.82 Å². The molecule has 0 saturated carbocycles. The first-order valence-electron chi connectivity index (χ1n) is 5.99. The number of amides is 1. The third-order valence-electron chi connectivity index (χ3n) is 3.37. The van der Waals surface area contributed by atoms with Crippen LogP contribution in [0.2, 0.25) is 0 Å². The molecule has 0 spiro atoms. The third-order valence-corrected chi connectivity index (χ3v) is 3.37. The van der Waals surface area contributed by atoms with Gasteiger partial charge in [-0.05, 0) is 6.42 Å². The molecule has 6 heteroatoms. The lowest BCUT2D eigenvalue weighted by Gasteiger charge is -2.26. The second-order valence-corrected chi connectivity index (χ2v) is 4.42. The van der Waals surface area contributed by atoms with Crippen molar-refractivity contribution in [1.29, 1.82) is 0 Å². The van der Waals surface area contributed by atoms with Gasteiger partial charge in [0.2, 0.25) is 0 Å². The van der Waals surface area contributed by atoms with Crippen LogP contribution in [-0.2, 0) is 17.7 Å². The molecule has 17 heavy (non-hydrogen) atoms. The molecule has 0 aliphatic carbocycles. The predicted octanol–water partition coefficient (Wildman–Crippen LogP) is -0.116. The Bertz CT molecular complexity index is 449. The molecule has 0 aromatic carbocycles. The van der Waals surface area contributed by atoms with E-state index < -0.39 is 0 Å². The second-order valence-electron chi connectivity index (χ2n) is 4.42. The number of imidazole rings is 1. The molecule has 3 heterocycles. The van der Waals surface area contributed by atoms with Crippen LogP contribution >= 0.6 is 0 Å². The molecule has 2 aliphatic rings. The molecular weight excluding hydrogens is 220 g/mol. The molecule has 3 rings (SSSR count). The summed E-state index contributed by atoms with van der Waals surface area (Å²) in [6.07, 6.45) is 1.99. The molecule has 6 nitrogen and oxygen atoms in total. The number of nitrogens with zero attached hydrogens (tertiary/aromatic N) is 3. The van der Waals surface area contributed by atoms with Crippen LogP contribution in [0.3, 0.4) is 0 Å². The van der Waals surface area contributed by atoms with E-state index >= 15 is 0 Å². The number of carbonyl (C=O) groups is 1. The summed E-state index contributed by atoms with van der Waals surface area (Å²) in [5, 5.41) is 0. The lowest BCUT2D eigenvalue weighted by atomic mass is 10.3. The van der Waals surface area contributed by atoms with Gasteiger partial charge < -0.3 is 19.9 Å². The van der Waals surface area contributed by atoms with Crippen molar-refractivity contribution in [2.24, 2.45) is 0 Å². The molecule has 1 aromatic heterocycles. The number of aryl methyl sites for hydroxylation is 1. The Morgan fingerprint density at radius 2 is 2.06 bits per heavy atom. The number of fused-ring (bicyclic) bond motifs is 1. The molecule has 1 fully saturated rings. The van der Waals surface area contributed by atoms with Gasteiger partial charge in [-0.25, -0.2) is 4.98 Å². The smallest absolute Gasteiger partial charge is 0.276 e. The van der Waals surface area contributed by atoms with Crippen LogP contribution in [0.1, 0.15) is 22.7 Å². The monoisotopic (exact) mass is 236 g/mol. The first kappa shape index (κ1) is 10.6. The summed E-state index contributed by atoms with van der Waals surface area (Å²) in [7, 11) is 0. The van der Waals surface area contributed by atoms with Crippen molar-refractivity contribution in [1.82, 2.24) is 14.5 Å². The molecule has 1 amide bonds. The molecule has 92 valence electrons. The fourth-order valence-electron chi connectivity index (χ4n) is 2.42. The highest BCUT2D eigenvalue weighted by atomic mass is 16.5. The van der Waals surface area contributed by atoms with Gasteiger partial charge in [-0.3, -0.25) is 4.79 Å². The zero-order chi connectivity index (χ0) is 11.8. The molecule has 1 saturated heterocycles. The molecule has 0 bridgehead atoms. The largest absolute Gasteiger partial charge is 0.383 e. The van der Waals surface area contributed by atoms with Crippen molar-refractivity contribution in [3.05, 3.63) is 11.5 Å². The summed E-state index contributed by atoms with van der Waals surface area (Å²) in [5.41, 5.74) is 6.40. The number of hydrogen-bond acceptors (Lipinski definition) is 4. The first-order valence-corrected chi connectivity index (χ1v) is 5.99. The number of carbonyl (C=O) groups excluding carboxylic acids is 1. The molecule has 0 atom stereocenters. The van der Waals surface area contributed by atoms with E-state index in [0.29, 0.717) is 37.8 Å². The fourth-order valence-corrected chi connectivity index (χ4v) is 2.42. The molecule has 0 radical (unpaired) electrons. The minimum atomic E-state index is -0.0623. The van der Waals surface area contributed by atoms with Crippen LogP contribution in [-0.4, -0.2) is 46.7 Å². The highest BCUT2D eigenvalue weighted by Gasteiger charge is 2.27. The maximum absolute atomic E-state index is 12.2. The minimum Gasteiger partial charge on any atom is -0.383 e. The van der Waals surface area contributed by atoms with E-state index in [1.165, 1.54) is 0 Å². The van der Waals surface area contributed by atoms with Gasteiger partial charge in [-0.1, -0.05) is 0 Å². The van der Waals surface area contributed by atoms with Crippen molar-refractivity contribution in [3.63, 3.8) is 0 Å². The number of rotatable bonds is 1. The van der Waals surface area contributed by atoms with Gasteiger partial charge >= 0.3 is 0 Å². The summed E-state index contributed by atoms with van der Waals surface area (Å²) in [6.45, 7) is 3.32. The molecule has 2 aliphatic heterocycles. The Kier molecular flexibility index (Phi) is 2.51. The Labute approximate surface area is 99.4 Å². The summed E-state index contributed by atoms with van der Waals surface area (Å²) < 4.78 is 7.18. The molecule has 2 N–H and O–H groups in total. The van der Waals surface area contributed by atoms with Gasteiger partial charge in [0.1, 0.15) is 11.6 Å². The normalized spacial score (nSPS) is 19.4. The van der Waals surface area contributed by atoms with E-state index in [4.69, 9.17) is 10.5 Å². The number of anilines is 1. The maximum atomic E-state index is 12.2. The SMILES string of the molecule is Nc1c(C(=O)N2CCOCC2)nc2n1CCC2. The van der Waals surface area contributed by atoms with Gasteiger partial charge in [0, 0.05) is 26.1 Å². The fraction of sp³-hybridized carbons (Fsp3) is 0.636. The van der Waals surface area contributed by atoms with Crippen molar-refractivity contribution >= 4 is 11.7 Å². The van der Waals surface area contributed by atoms with Crippen molar-refractivity contribution < 1.29 is 9.53 Å². The third kappa shape index (κ3) is 1.68. The average Bonchev–Trinajstić information content (AvgIpc) is 2.93. The second kappa shape index (κ2) is 4.03. The number of ether oxygens (including phenoxy) is 1. The van der Waals surface area contributed by atoms with Crippen LogP contribution < -0.4 is 5.73 Å². The Hall–Kier alpha value is -1.56. The van der Waals surface area contributed by atoms with Crippen LogP contribution in [0, 0.1) is 0 Å². The lowest BCUT2D eigenvalue weighted by Crippen LogP contribution is -2.41. The number of morpholine rings is 1. The Morgan fingerprint density at radius 1 is 1.29 bits per heavy atom. The van der Waals surface area contributed by atoms with Gasteiger partial charge in [-0.2, -0.15) is 0 Å². The summed E-state index contributed by atoms with van der Waals surface area (Å²) in [6, 6.07) is 0. The van der Waals surface area contributed by atoms with E-state index in [1.807, 2.05) is 4.57 Å². The highest BCUT2D eigenvalue weighted by Crippen LogP contribution is 2.23. The van der Waals surface area contributed by atoms with Crippen LogP contribution in [0.15, 0.2) is 0 Å². The van der Waals surface area contributed by atoms with Gasteiger partial charge in [0.25, 0.3) is 5.91 Å². The van der Waals surface area contributed by atoms with E-state index in [0.717, 1.165) is 25.2 Å². The Balaban J connectivity index is 1.86. The maximum Gasteiger partial charge on any atom is 0.276 e. The number of nitrogen functional groups attached to an aromatic ring is 1.